The first-order valence-electron chi connectivity index (χ1n) is 5.46. The third-order valence-corrected chi connectivity index (χ3v) is 3.16. The van der Waals surface area contributed by atoms with Gasteiger partial charge in [0.15, 0.2) is 5.58 Å². The Hall–Kier alpha value is -2.01. The SMILES string of the molecule is Cc1c(Cl)cnn1Cc1nc2ccc(N)cc2o1. The maximum absolute atomic E-state index is 5.94. The van der Waals surface area contributed by atoms with Gasteiger partial charge in [-0.15, -0.1) is 0 Å². The summed E-state index contributed by atoms with van der Waals surface area (Å²) < 4.78 is 7.37. The van der Waals surface area contributed by atoms with Gasteiger partial charge in [0.2, 0.25) is 5.89 Å². The highest BCUT2D eigenvalue weighted by atomic mass is 35.5. The second kappa shape index (κ2) is 4.03. The van der Waals surface area contributed by atoms with E-state index in [1.54, 1.807) is 23.0 Å². The summed E-state index contributed by atoms with van der Waals surface area (Å²) in [6.07, 6.45) is 1.61. The molecule has 0 amide bonds. The molecule has 0 bridgehead atoms. The molecule has 2 heterocycles. The molecular formula is C12H11ClN4O. The zero-order valence-corrected chi connectivity index (χ0v) is 10.5. The second-order valence-electron chi connectivity index (χ2n) is 4.07. The average Bonchev–Trinajstić information content (AvgIpc) is 2.86. The maximum Gasteiger partial charge on any atom is 0.217 e. The Kier molecular flexibility index (Phi) is 2.48. The average molecular weight is 263 g/mol. The van der Waals surface area contributed by atoms with E-state index in [2.05, 4.69) is 10.1 Å². The van der Waals surface area contributed by atoms with Crippen molar-refractivity contribution < 1.29 is 4.42 Å². The molecule has 0 saturated heterocycles. The van der Waals surface area contributed by atoms with E-state index in [1.807, 2.05) is 13.0 Å². The van der Waals surface area contributed by atoms with Gasteiger partial charge in [0.05, 0.1) is 16.9 Å². The van der Waals surface area contributed by atoms with Crippen molar-refractivity contribution in [1.29, 1.82) is 0 Å². The van der Waals surface area contributed by atoms with E-state index in [9.17, 15) is 0 Å². The van der Waals surface area contributed by atoms with Gasteiger partial charge in [-0.2, -0.15) is 5.10 Å². The minimum Gasteiger partial charge on any atom is -0.439 e. The lowest BCUT2D eigenvalue weighted by atomic mass is 10.3. The Morgan fingerprint density at radius 2 is 2.28 bits per heavy atom. The molecule has 18 heavy (non-hydrogen) atoms. The second-order valence-corrected chi connectivity index (χ2v) is 4.48. The van der Waals surface area contributed by atoms with Crippen molar-refractivity contribution in [2.75, 3.05) is 5.73 Å². The number of hydrogen-bond donors (Lipinski definition) is 1. The first kappa shape index (κ1) is 11.1. The quantitative estimate of drug-likeness (QED) is 0.721. The predicted octanol–water partition coefficient (Wildman–Crippen LogP) is 2.62. The fourth-order valence-electron chi connectivity index (χ4n) is 1.77. The van der Waals surface area contributed by atoms with Gasteiger partial charge in [-0.1, -0.05) is 11.6 Å². The number of benzene rings is 1. The molecule has 0 aliphatic carbocycles. The van der Waals surface area contributed by atoms with Crippen LogP contribution in [0, 0.1) is 6.92 Å². The number of fused-ring (bicyclic) bond motifs is 1. The largest absolute Gasteiger partial charge is 0.439 e. The van der Waals surface area contributed by atoms with Crippen LogP contribution in [0.1, 0.15) is 11.6 Å². The molecule has 92 valence electrons. The van der Waals surface area contributed by atoms with Crippen LogP contribution in [0.4, 0.5) is 5.69 Å². The fourth-order valence-corrected chi connectivity index (χ4v) is 1.91. The molecule has 0 radical (unpaired) electrons. The fraction of sp³-hybridized carbons (Fsp3) is 0.167. The van der Waals surface area contributed by atoms with Crippen LogP contribution < -0.4 is 5.73 Å². The van der Waals surface area contributed by atoms with Crippen molar-refractivity contribution in [2.45, 2.75) is 13.5 Å². The highest BCUT2D eigenvalue weighted by molar-refractivity contribution is 6.31. The Labute approximate surface area is 108 Å². The Morgan fingerprint density at radius 1 is 1.44 bits per heavy atom. The minimum atomic E-state index is 0.452. The molecule has 0 unspecified atom stereocenters. The van der Waals surface area contributed by atoms with E-state index < -0.39 is 0 Å². The maximum atomic E-state index is 5.94. The van der Waals surface area contributed by atoms with E-state index in [4.69, 9.17) is 21.8 Å². The standard InChI is InChI=1S/C12H11ClN4O/c1-7-9(13)5-15-17(7)6-12-16-10-3-2-8(14)4-11(10)18-12/h2-5H,6,14H2,1H3. The van der Waals surface area contributed by atoms with Crippen molar-refractivity contribution >= 4 is 28.4 Å². The van der Waals surface area contributed by atoms with Crippen molar-refractivity contribution in [3.63, 3.8) is 0 Å². The van der Waals surface area contributed by atoms with Crippen LogP contribution in [0.25, 0.3) is 11.1 Å². The first-order chi connectivity index (χ1) is 8.63. The first-order valence-corrected chi connectivity index (χ1v) is 5.84. The minimum absolute atomic E-state index is 0.452. The van der Waals surface area contributed by atoms with E-state index in [0.29, 0.717) is 28.7 Å². The van der Waals surface area contributed by atoms with Crippen LogP contribution in [0.5, 0.6) is 0 Å². The molecule has 3 rings (SSSR count). The molecule has 0 aliphatic rings. The summed E-state index contributed by atoms with van der Waals surface area (Å²) in [6, 6.07) is 5.39. The number of anilines is 1. The Morgan fingerprint density at radius 3 is 3.00 bits per heavy atom. The van der Waals surface area contributed by atoms with Gasteiger partial charge in [-0.25, -0.2) is 4.98 Å². The van der Waals surface area contributed by atoms with Crippen molar-refractivity contribution in [3.05, 3.63) is 41.0 Å². The molecule has 0 fully saturated rings. The lowest BCUT2D eigenvalue weighted by Crippen LogP contribution is -2.03. The van der Waals surface area contributed by atoms with Crippen molar-refractivity contribution in [3.8, 4) is 0 Å². The predicted molar refractivity (Wildman–Crippen MR) is 69.5 cm³/mol. The number of nitrogen functional groups attached to an aromatic ring is 1. The summed E-state index contributed by atoms with van der Waals surface area (Å²) in [6.45, 7) is 2.35. The highest BCUT2D eigenvalue weighted by Crippen LogP contribution is 2.20. The molecule has 1 aromatic carbocycles. The van der Waals surface area contributed by atoms with Crippen LogP contribution in [0.2, 0.25) is 5.02 Å². The normalized spacial score (nSPS) is 11.2. The summed E-state index contributed by atoms with van der Waals surface area (Å²) in [5, 5.41) is 4.79. The molecular weight excluding hydrogens is 252 g/mol. The van der Waals surface area contributed by atoms with Crippen LogP contribution >= 0.6 is 11.6 Å². The third-order valence-electron chi connectivity index (χ3n) is 2.79. The molecule has 2 N–H and O–H groups in total. The molecule has 0 saturated carbocycles. The topological polar surface area (TPSA) is 69.9 Å². The molecule has 0 atom stereocenters. The van der Waals surface area contributed by atoms with Crippen molar-refractivity contribution in [1.82, 2.24) is 14.8 Å². The lowest BCUT2D eigenvalue weighted by Gasteiger charge is -1.99. The van der Waals surface area contributed by atoms with E-state index in [0.717, 1.165) is 11.2 Å². The number of nitrogens with zero attached hydrogens (tertiary/aromatic N) is 3. The van der Waals surface area contributed by atoms with Crippen LogP contribution in [-0.4, -0.2) is 14.8 Å². The monoisotopic (exact) mass is 262 g/mol. The van der Waals surface area contributed by atoms with Crippen LogP contribution in [0.3, 0.4) is 0 Å². The van der Waals surface area contributed by atoms with Gasteiger partial charge in [-0.05, 0) is 19.1 Å². The highest BCUT2D eigenvalue weighted by Gasteiger charge is 2.10. The van der Waals surface area contributed by atoms with Gasteiger partial charge >= 0.3 is 0 Å². The third kappa shape index (κ3) is 1.82. The molecule has 0 spiro atoms. The van der Waals surface area contributed by atoms with Crippen molar-refractivity contribution in [2.24, 2.45) is 0 Å². The summed E-state index contributed by atoms with van der Waals surface area (Å²) in [5.41, 5.74) is 8.70. The van der Waals surface area contributed by atoms with Gasteiger partial charge in [0, 0.05) is 11.8 Å². The lowest BCUT2D eigenvalue weighted by molar-refractivity contribution is 0.487. The number of aromatic nitrogens is 3. The smallest absolute Gasteiger partial charge is 0.217 e. The van der Waals surface area contributed by atoms with Gasteiger partial charge in [0.1, 0.15) is 12.1 Å². The van der Waals surface area contributed by atoms with Crippen LogP contribution in [0.15, 0.2) is 28.8 Å². The molecule has 0 aliphatic heterocycles. The number of oxazole rings is 1. The molecule has 6 heteroatoms. The zero-order chi connectivity index (χ0) is 12.7. The van der Waals surface area contributed by atoms with Gasteiger partial charge < -0.3 is 10.2 Å². The molecule has 2 aromatic heterocycles. The van der Waals surface area contributed by atoms with E-state index in [1.165, 1.54) is 0 Å². The summed E-state index contributed by atoms with van der Waals surface area (Å²) in [5.74, 6) is 0.582. The molecule has 3 aromatic rings. The number of hydrogen-bond acceptors (Lipinski definition) is 4. The zero-order valence-electron chi connectivity index (χ0n) is 9.72. The van der Waals surface area contributed by atoms with E-state index >= 15 is 0 Å². The summed E-state index contributed by atoms with van der Waals surface area (Å²) >= 11 is 5.94. The van der Waals surface area contributed by atoms with E-state index in [-0.39, 0.29) is 0 Å². The van der Waals surface area contributed by atoms with Crippen LogP contribution in [-0.2, 0) is 6.54 Å². The number of rotatable bonds is 2. The van der Waals surface area contributed by atoms with Gasteiger partial charge in [-0.3, -0.25) is 4.68 Å². The summed E-state index contributed by atoms with van der Waals surface area (Å²) in [4.78, 5) is 4.37. The van der Waals surface area contributed by atoms with Gasteiger partial charge in [0.25, 0.3) is 0 Å². The Bertz CT molecular complexity index is 716. The summed E-state index contributed by atoms with van der Waals surface area (Å²) in [7, 11) is 0. The number of halogens is 1. The number of nitrogens with two attached hydrogens (primary N) is 1. The Balaban J connectivity index is 1.98. The molecule has 5 nitrogen and oxygen atoms in total.